The maximum atomic E-state index is 12.4. The third kappa shape index (κ3) is 4.00. The van der Waals surface area contributed by atoms with Gasteiger partial charge in [-0.1, -0.05) is 29.8 Å². The van der Waals surface area contributed by atoms with Crippen LogP contribution < -0.4 is 9.47 Å². The number of aromatic amines is 1. The molecule has 3 aromatic rings. The van der Waals surface area contributed by atoms with E-state index in [-0.39, 0.29) is 5.78 Å². The minimum absolute atomic E-state index is 0.145. The normalized spacial score (nSPS) is 10.9. The predicted octanol–water partition coefficient (Wildman–Crippen LogP) is 4.30. The van der Waals surface area contributed by atoms with Gasteiger partial charge in [-0.25, -0.2) is 0 Å². The van der Waals surface area contributed by atoms with Crippen LogP contribution in [0.4, 0.5) is 0 Å². The lowest BCUT2D eigenvalue weighted by atomic mass is 10.1. The van der Waals surface area contributed by atoms with Gasteiger partial charge in [-0.15, -0.1) is 0 Å². The fourth-order valence-electron chi connectivity index (χ4n) is 2.51. The van der Waals surface area contributed by atoms with E-state index >= 15 is 0 Å². The van der Waals surface area contributed by atoms with Crippen molar-refractivity contribution < 1.29 is 14.3 Å². The van der Waals surface area contributed by atoms with E-state index in [4.69, 9.17) is 9.47 Å². The minimum Gasteiger partial charge on any atom is -0.497 e. The van der Waals surface area contributed by atoms with Crippen molar-refractivity contribution in [3.8, 4) is 22.8 Å². The third-order valence-corrected chi connectivity index (χ3v) is 4.00. The lowest BCUT2D eigenvalue weighted by Gasteiger charge is -2.06. The number of nitrogens with one attached hydrogen (secondary N) is 1. The van der Waals surface area contributed by atoms with E-state index in [9.17, 15) is 4.79 Å². The van der Waals surface area contributed by atoms with E-state index in [2.05, 4.69) is 10.2 Å². The van der Waals surface area contributed by atoms with E-state index in [0.717, 1.165) is 17.0 Å². The standard InChI is InChI=1S/C21H20N2O3/c1-14-4-6-15(7-5-14)20-12-17(22-23-20)8-9-21(24)16-10-18(25-2)13-19(11-16)26-3/h4-13H,1-3H3,(H,22,23)/b9-8+. The van der Waals surface area contributed by atoms with Gasteiger partial charge in [-0.05, 0) is 37.3 Å². The second-order valence-corrected chi connectivity index (χ2v) is 5.87. The summed E-state index contributed by atoms with van der Waals surface area (Å²) in [5.41, 5.74) is 4.30. The zero-order valence-electron chi connectivity index (χ0n) is 14.9. The van der Waals surface area contributed by atoms with Crippen LogP contribution in [0, 0.1) is 6.92 Å². The summed E-state index contributed by atoms with van der Waals surface area (Å²) in [6, 6.07) is 15.1. The molecule has 0 radical (unpaired) electrons. The highest BCUT2D eigenvalue weighted by Gasteiger charge is 2.08. The van der Waals surface area contributed by atoms with Crippen molar-refractivity contribution in [1.29, 1.82) is 0 Å². The van der Waals surface area contributed by atoms with E-state index in [1.165, 1.54) is 11.6 Å². The van der Waals surface area contributed by atoms with Crippen LogP contribution in [-0.4, -0.2) is 30.2 Å². The highest BCUT2D eigenvalue weighted by molar-refractivity contribution is 6.07. The second-order valence-electron chi connectivity index (χ2n) is 5.87. The molecule has 132 valence electrons. The number of aromatic nitrogens is 2. The number of allylic oxidation sites excluding steroid dienone is 1. The number of carbonyl (C=O) groups is 1. The molecular formula is C21H20N2O3. The molecule has 2 aromatic carbocycles. The smallest absolute Gasteiger partial charge is 0.186 e. The second kappa shape index (κ2) is 7.70. The van der Waals surface area contributed by atoms with Gasteiger partial charge < -0.3 is 9.47 Å². The maximum absolute atomic E-state index is 12.4. The van der Waals surface area contributed by atoms with Crippen LogP contribution in [0.2, 0.25) is 0 Å². The van der Waals surface area contributed by atoms with Crippen molar-refractivity contribution in [2.75, 3.05) is 14.2 Å². The molecule has 0 atom stereocenters. The number of ether oxygens (including phenoxy) is 2. The molecule has 5 nitrogen and oxygen atoms in total. The van der Waals surface area contributed by atoms with Gasteiger partial charge in [0.15, 0.2) is 5.78 Å². The Bertz CT molecular complexity index is 918. The summed E-state index contributed by atoms with van der Waals surface area (Å²) in [6.45, 7) is 2.04. The molecule has 0 fully saturated rings. The van der Waals surface area contributed by atoms with Gasteiger partial charge in [-0.2, -0.15) is 5.10 Å². The van der Waals surface area contributed by atoms with Crippen molar-refractivity contribution in [1.82, 2.24) is 10.2 Å². The number of nitrogens with zero attached hydrogens (tertiary/aromatic N) is 1. The van der Waals surface area contributed by atoms with Gasteiger partial charge in [-0.3, -0.25) is 9.89 Å². The first-order valence-corrected chi connectivity index (χ1v) is 8.17. The first-order valence-electron chi connectivity index (χ1n) is 8.17. The Kier molecular flexibility index (Phi) is 5.17. The van der Waals surface area contributed by atoms with Crippen LogP contribution in [-0.2, 0) is 0 Å². The number of aryl methyl sites for hydroxylation is 1. The first kappa shape index (κ1) is 17.5. The zero-order chi connectivity index (χ0) is 18.5. The molecule has 1 aromatic heterocycles. The SMILES string of the molecule is COc1cc(OC)cc(C(=O)/C=C/c2cc(-c3ccc(C)cc3)n[nH]2)c1. The fourth-order valence-corrected chi connectivity index (χ4v) is 2.51. The molecule has 0 aliphatic heterocycles. The van der Waals surface area contributed by atoms with Crippen molar-refractivity contribution in [3.05, 3.63) is 71.4 Å². The number of benzene rings is 2. The van der Waals surface area contributed by atoms with E-state index < -0.39 is 0 Å². The van der Waals surface area contributed by atoms with E-state index in [1.807, 2.05) is 37.3 Å². The Morgan fingerprint density at radius 1 is 1.00 bits per heavy atom. The van der Waals surface area contributed by atoms with Gasteiger partial charge in [0.2, 0.25) is 0 Å². The molecule has 0 saturated carbocycles. The molecule has 5 heteroatoms. The number of hydrogen-bond donors (Lipinski definition) is 1. The summed E-state index contributed by atoms with van der Waals surface area (Å²) in [4.78, 5) is 12.4. The molecule has 0 amide bonds. The predicted molar refractivity (Wildman–Crippen MR) is 102 cm³/mol. The van der Waals surface area contributed by atoms with Gasteiger partial charge in [0, 0.05) is 17.2 Å². The number of hydrogen-bond acceptors (Lipinski definition) is 4. The van der Waals surface area contributed by atoms with Gasteiger partial charge in [0.1, 0.15) is 11.5 Å². The molecule has 26 heavy (non-hydrogen) atoms. The van der Waals surface area contributed by atoms with Crippen LogP contribution in [0.1, 0.15) is 21.6 Å². The van der Waals surface area contributed by atoms with Crippen LogP contribution in [0.5, 0.6) is 11.5 Å². The summed E-state index contributed by atoms with van der Waals surface area (Å²) < 4.78 is 10.4. The summed E-state index contributed by atoms with van der Waals surface area (Å²) in [5.74, 6) is 1.00. The monoisotopic (exact) mass is 348 g/mol. The molecule has 1 N–H and O–H groups in total. The molecule has 3 rings (SSSR count). The molecule has 0 unspecified atom stereocenters. The molecule has 0 bridgehead atoms. The largest absolute Gasteiger partial charge is 0.497 e. The Hall–Kier alpha value is -3.34. The highest BCUT2D eigenvalue weighted by Crippen LogP contribution is 2.23. The fraction of sp³-hybridized carbons (Fsp3) is 0.143. The van der Waals surface area contributed by atoms with Crippen LogP contribution in [0.3, 0.4) is 0 Å². The Morgan fingerprint density at radius 2 is 1.65 bits per heavy atom. The van der Waals surface area contributed by atoms with Crippen LogP contribution >= 0.6 is 0 Å². The van der Waals surface area contributed by atoms with Crippen LogP contribution in [0.25, 0.3) is 17.3 Å². The third-order valence-electron chi connectivity index (χ3n) is 4.00. The van der Waals surface area contributed by atoms with Crippen molar-refractivity contribution in [2.24, 2.45) is 0 Å². The molecule has 0 spiro atoms. The average Bonchev–Trinajstić information content (AvgIpc) is 3.15. The van der Waals surface area contributed by atoms with E-state index in [1.54, 1.807) is 38.5 Å². The molecule has 0 aliphatic rings. The first-order chi connectivity index (χ1) is 12.6. The van der Waals surface area contributed by atoms with Gasteiger partial charge in [0.05, 0.1) is 25.6 Å². The van der Waals surface area contributed by atoms with Gasteiger partial charge in [0.25, 0.3) is 0 Å². The number of methoxy groups -OCH3 is 2. The summed E-state index contributed by atoms with van der Waals surface area (Å²) in [7, 11) is 3.10. The highest BCUT2D eigenvalue weighted by atomic mass is 16.5. The quantitative estimate of drug-likeness (QED) is 0.533. The molecule has 0 aliphatic carbocycles. The summed E-state index contributed by atoms with van der Waals surface area (Å²) in [6.07, 6.45) is 3.21. The topological polar surface area (TPSA) is 64.2 Å². The number of H-pyrrole nitrogens is 1. The zero-order valence-corrected chi connectivity index (χ0v) is 14.9. The lowest BCUT2D eigenvalue weighted by molar-refractivity contribution is 0.104. The van der Waals surface area contributed by atoms with Crippen molar-refractivity contribution >= 4 is 11.9 Å². The van der Waals surface area contributed by atoms with Crippen LogP contribution in [0.15, 0.2) is 54.6 Å². The molecule has 0 saturated heterocycles. The van der Waals surface area contributed by atoms with E-state index in [0.29, 0.717) is 17.1 Å². The summed E-state index contributed by atoms with van der Waals surface area (Å²) in [5, 5.41) is 7.23. The van der Waals surface area contributed by atoms with Crippen molar-refractivity contribution in [2.45, 2.75) is 6.92 Å². The van der Waals surface area contributed by atoms with Crippen molar-refractivity contribution in [3.63, 3.8) is 0 Å². The molecule has 1 heterocycles. The maximum Gasteiger partial charge on any atom is 0.186 e. The number of carbonyl (C=O) groups excluding carboxylic acids is 1. The average molecular weight is 348 g/mol. The Balaban J connectivity index is 1.78. The number of ketones is 1. The molecular weight excluding hydrogens is 328 g/mol. The Labute approximate surface area is 152 Å². The minimum atomic E-state index is -0.145. The Morgan fingerprint density at radius 3 is 2.27 bits per heavy atom. The summed E-state index contributed by atoms with van der Waals surface area (Å²) >= 11 is 0. The van der Waals surface area contributed by atoms with Gasteiger partial charge >= 0.3 is 0 Å². The lowest BCUT2D eigenvalue weighted by Crippen LogP contribution is -1.97. The number of rotatable bonds is 6.